The normalized spacial score (nSPS) is 12.3. The Kier molecular flexibility index (Phi) is 23.1. The summed E-state index contributed by atoms with van der Waals surface area (Å²) in [5.74, 6) is -2.59. The fraction of sp³-hybridized carbons (Fsp3) is 0.630. The SMILES string of the molecule is CCCCCCCCCCCCOC(=O)N(C(=O)CC[C@@H](NC(=O)OCC1c2ccccc2-c2ccccc21)C(=O)O)C(=O)OCCCCCCCCCCCC. The summed E-state index contributed by atoms with van der Waals surface area (Å²) in [5.41, 5.74) is 4.12. The van der Waals surface area contributed by atoms with Gasteiger partial charge in [0.15, 0.2) is 0 Å². The van der Waals surface area contributed by atoms with Crippen molar-refractivity contribution < 1.29 is 43.3 Å². The third-order valence-corrected chi connectivity index (χ3v) is 10.6. The number of carboxylic acids is 1. The molecular formula is C46H68N2O9. The molecule has 0 saturated heterocycles. The molecule has 2 aromatic carbocycles. The predicted octanol–water partition coefficient (Wildman–Crippen LogP) is 11.7. The molecule has 4 amide bonds. The molecular weight excluding hydrogens is 725 g/mol. The number of carbonyl (C=O) groups excluding carboxylic acids is 4. The van der Waals surface area contributed by atoms with Crippen molar-refractivity contribution in [2.24, 2.45) is 0 Å². The molecule has 0 spiro atoms. The zero-order valence-corrected chi connectivity index (χ0v) is 34.6. The Bertz CT molecular complexity index is 1430. The topological polar surface area (TPSA) is 149 Å². The third-order valence-electron chi connectivity index (χ3n) is 10.6. The van der Waals surface area contributed by atoms with Crippen molar-refractivity contribution in [3.63, 3.8) is 0 Å². The number of hydrogen-bond donors (Lipinski definition) is 2. The maximum atomic E-state index is 13.4. The van der Waals surface area contributed by atoms with E-state index in [1.807, 2.05) is 48.5 Å². The fourth-order valence-electron chi connectivity index (χ4n) is 7.32. The lowest BCUT2D eigenvalue weighted by molar-refractivity contribution is -0.139. The molecule has 0 bridgehead atoms. The van der Waals surface area contributed by atoms with Crippen molar-refractivity contribution in [2.75, 3.05) is 19.8 Å². The highest BCUT2D eigenvalue weighted by molar-refractivity contribution is 6.06. The van der Waals surface area contributed by atoms with Gasteiger partial charge in [0, 0.05) is 12.3 Å². The van der Waals surface area contributed by atoms with Gasteiger partial charge in [0.25, 0.3) is 0 Å². The van der Waals surface area contributed by atoms with Crippen LogP contribution in [0.5, 0.6) is 0 Å². The molecule has 2 N–H and O–H groups in total. The molecule has 0 heterocycles. The standard InChI is InChI=1S/C46H68N2O9/c1-3-5-7-9-11-13-15-17-19-25-33-55-45(53)48(46(54)56-34-26-20-18-16-14-12-10-8-6-4-2)42(49)32-31-41(43(50)51)47-44(52)57-35-40-38-29-23-21-27-36(38)37-28-22-24-30-39(37)40/h21-24,27-30,40-41H,3-20,25-26,31-35H2,1-2H3,(H,47,52)(H,50,51)/t41-/m1/s1. The van der Waals surface area contributed by atoms with Crippen LogP contribution in [0.4, 0.5) is 14.4 Å². The Morgan fingerprint density at radius 1 is 0.596 bits per heavy atom. The minimum Gasteiger partial charge on any atom is -0.480 e. The number of nitrogens with zero attached hydrogens (tertiary/aromatic N) is 1. The average Bonchev–Trinajstić information content (AvgIpc) is 3.53. The number of carbonyl (C=O) groups is 5. The van der Waals surface area contributed by atoms with Crippen LogP contribution in [-0.2, 0) is 23.8 Å². The number of ether oxygens (including phenoxy) is 3. The van der Waals surface area contributed by atoms with Gasteiger partial charge in [0.2, 0.25) is 5.91 Å². The van der Waals surface area contributed by atoms with Gasteiger partial charge in [0.1, 0.15) is 12.6 Å². The third kappa shape index (κ3) is 17.3. The van der Waals surface area contributed by atoms with Crippen molar-refractivity contribution in [3.8, 4) is 11.1 Å². The monoisotopic (exact) mass is 792 g/mol. The summed E-state index contributed by atoms with van der Waals surface area (Å²) in [7, 11) is 0. The summed E-state index contributed by atoms with van der Waals surface area (Å²) in [5, 5.41) is 12.2. The molecule has 2 aromatic rings. The van der Waals surface area contributed by atoms with E-state index in [0.717, 1.165) is 60.8 Å². The second-order valence-electron chi connectivity index (χ2n) is 15.2. The quantitative estimate of drug-likeness (QED) is 0.0606. The first-order chi connectivity index (χ1) is 27.8. The number of alkyl carbamates (subject to hydrolysis) is 1. The molecule has 0 saturated carbocycles. The van der Waals surface area contributed by atoms with Crippen LogP contribution in [0.3, 0.4) is 0 Å². The van der Waals surface area contributed by atoms with E-state index >= 15 is 0 Å². The molecule has 0 aromatic heterocycles. The van der Waals surface area contributed by atoms with E-state index in [2.05, 4.69) is 19.2 Å². The van der Waals surface area contributed by atoms with E-state index in [1.54, 1.807) is 0 Å². The first-order valence-electron chi connectivity index (χ1n) is 21.8. The van der Waals surface area contributed by atoms with E-state index in [0.29, 0.717) is 17.7 Å². The van der Waals surface area contributed by atoms with E-state index in [9.17, 15) is 29.1 Å². The molecule has 0 aliphatic heterocycles. The van der Waals surface area contributed by atoms with Crippen LogP contribution < -0.4 is 5.32 Å². The number of rotatable bonds is 29. The van der Waals surface area contributed by atoms with Gasteiger partial charge >= 0.3 is 24.2 Å². The molecule has 1 aliphatic rings. The number of carboxylic acid groups (broad SMARTS) is 1. The van der Waals surface area contributed by atoms with E-state index in [1.165, 1.54) is 77.0 Å². The predicted molar refractivity (Wildman–Crippen MR) is 222 cm³/mol. The smallest absolute Gasteiger partial charge is 0.426 e. The number of imide groups is 3. The van der Waals surface area contributed by atoms with Crippen molar-refractivity contribution in [2.45, 2.75) is 167 Å². The summed E-state index contributed by atoms with van der Waals surface area (Å²) in [6, 6.07) is 14.2. The van der Waals surface area contributed by atoms with E-state index < -0.39 is 49.0 Å². The highest BCUT2D eigenvalue weighted by Crippen LogP contribution is 2.44. The second kappa shape index (κ2) is 28.1. The molecule has 0 fully saturated rings. The van der Waals surface area contributed by atoms with Crippen LogP contribution in [0.1, 0.15) is 172 Å². The number of nitrogens with one attached hydrogen (secondary N) is 1. The Morgan fingerprint density at radius 2 is 1.00 bits per heavy atom. The van der Waals surface area contributed by atoms with Gasteiger partial charge in [-0.05, 0) is 41.5 Å². The lowest BCUT2D eigenvalue weighted by atomic mass is 9.98. The molecule has 0 unspecified atom stereocenters. The molecule has 1 aliphatic carbocycles. The second-order valence-corrected chi connectivity index (χ2v) is 15.2. The number of aliphatic carboxylic acids is 1. The lowest BCUT2D eigenvalue weighted by Crippen LogP contribution is -2.45. The minimum absolute atomic E-state index is 0.0192. The summed E-state index contributed by atoms with van der Waals surface area (Å²) >= 11 is 0. The Hall–Kier alpha value is -4.41. The van der Waals surface area contributed by atoms with Crippen molar-refractivity contribution >= 4 is 30.2 Å². The van der Waals surface area contributed by atoms with Crippen LogP contribution in [-0.4, -0.2) is 66.0 Å². The van der Waals surface area contributed by atoms with Crippen molar-refractivity contribution in [1.29, 1.82) is 0 Å². The lowest BCUT2D eigenvalue weighted by Gasteiger charge is -2.20. The number of benzene rings is 2. The number of unbranched alkanes of at least 4 members (excludes halogenated alkanes) is 18. The molecule has 1 atom stereocenters. The summed E-state index contributed by atoms with van der Waals surface area (Å²) in [6.07, 6.45) is 17.7. The van der Waals surface area contributed by atoms with Crippen LogP contribution >= 0.6 is 0 Å². The van der Waals surface area contributed by atoms with Gasteiger partial charge in [-0.2, -0.15) is 0 Å². The Labute approximate surface area is 340 Å². The highest BCUT2D eigenvalue weighted by Gasteiger charge is 2.34. The van der Waals surface area contributed by atoms with Gasteiger partial charge in [0.05, 0.1) is 13.2 Å². The summed E-state index contributed by atoms with van der Waals surface area (Å²) in [6.45, 7) is 4.45. The molecule has 11 nitrogen and oxygen atoms in total. The van der Waals surface area contributed by atoms with Crippen LogP contribution in [0.15, 0.2) is 48.5 Å². The minimum atomic E-state index is -1.52. The molecule has 316 valence electrons. The fourth-order valence-corrected chi connectivity index (χ4v) is 7.32. The first-order valence-corrected chi connectivity index (χ1v) is 21.8. The number of hydrogen-bond acceptors (Lipinski definition) is 8. The maximum Gasteiger partial charge on any atom is 0.426 e. The summed E-state index contributed by atoms with van der Waals surface area (Å²) < 4.78 is 16.2. The Balaban J connectivity index is 1.49. The molecule has 3 rings (SSSR count). The van der Waals surface area contributed by atoms with Crippen molar-refractivity contribution in [1.82, 2.24) is 10.2 Å². The van der Waals surface area contributed by atoms with Gasteiger partial charge in [-0.3, -0.25) is 4.79 Å². The first kappa shape index (κ1) is 47.0. The zero-order chi connectivity index (χ0) is 41.1. The maximum absolute atomic E-state index is 13.4. The molecule has 57 heavy (non-hydrogen) atoms. The van der Waals surface area contributed by atoms with Gasteiger partial charge in [-0.1, -0.05) is 178 Å². The summed E-state index contributed by atoms with van der Waals surface area (Å²) in [4.78, 5) is 64.9. The molecule has 11 heteroatoms. The van der Waals surface area contributed by atoms with Crippen LogP contribution in [0.2, 0.25) is 0 Å². The van der Waals surface area contributed by atoms with Crippen molar-refractivity contribution in [3.05, 3.63) is 59.7 Å². The largest absolute Gasteiger partial charge is 0.480 e. The van der Waals surface area contributed by atoms with Gasteiger partial charge in [-0.25, -0.2) is 19.2 Å². The van der Waals surface area contributed by atoms with Crippen LogP contribution in [0, 0.1) is 0 Å². The van der Waals surface area contributed by atoms with Gasteiger partial charge < -0.3 is 24.6 Å². The van der Waals surface area contributed by atoms with Crippen LogP contribution in [0.25, 0.3) is 11.1 Å². The molecule has 0 radical (unpaired) electrons. The highest BCUT2D eigenvalue weighted by atomic mass is 16.6. The number of amides is 4. The zero-order valence-electron chi connectivity index (χ0n) is 34.6. The van der Waals surface area contributed by atoms with Gasteiger partial charge in [-0.15, -0.1) is 4.90 Å². The average molecular weight is 793 g/mol. The van der Waals surface area contributed by atoms with E-state index in [-0.39, 0.29) is 25.7 Å². The Morgan fingerprint density at radius 3 is 1.42 bits per heavy atom. The number of fused-ring (bicyclic) bond motifs is 3. The van der Waals surface area contributed by atoms with E-state index in [4.69, 9.17) is 14.2 Å².